The number of fused-ring (bicyclic) bond motifs is 3. The van der Waals surface area contributed by atoms with Crippen molar-refractivity contribution in [1.29, 1.82) is 0 Å². The lowest BCUT2D eigenvalue weighted by Gasteiger charge is -2.25. The number of rotatable bonds is 2. The highest BCUT2D eigenvalue weighted by Gasteiger charge is 2.26. The van der Waals surface area contributed by atoms with Crippen LogP contribution in [0.25, 0.3) is 16.7 Å². The molecule has 0 aliphatic carbocycles. The molecule has 1 aliphatic heterocycles. The van der Waals surface area contributed by atoms with Crippen LogP contribution in [0.5, 0.6) is 0 Å². The van der Waals surface area contributed by atoms with Crippen LogP contribution in [0.1, 0.15) is 19.2 Å². The summed E-state index contributed by atoms with van der Waals surface area (Å²) in [5, 5.41) is 9.11. The molecule has 4 rings (SSSR count). The maximum absolute atomic E-state index is 12.5. The summed E-state index contributed by atoms with van der Waals surface area (Å²) in [6.45, 7) is 3.00. The van der Waals surface area contributed by atoms with Crippen LogP contribution in [0.2, 0.25) is 0 Å². The maximum Gasteiger partial charge on any atom is 0.262 e. The fourth-order valence-electron chi connectivity index (χ4n) is 3.52. The highest BCUT2D eigenvalue weighted by Crippen LogP contribution is 2.18. The van der Waals surface area contributed by atoms with Gasteiger partial charge in [0.1, 0.15) is 0 Å². The van der Waals surface area contributed by atoms with Crippen LogP contribution < -0.4 is 5.56 Å². The van der Waals surface area contributed by atoms with Crippen LogP contribution in [0.15, 0.2) is 29.1 Å². The SMILES string of the molecule is CC1CCS(=O)(=O)CCN1Cc1nnc2n(C)c(=O)c3ccccc3n12. The molecule has 0 N–H and O–H groups in total. The van der Waals surface area contributed by atoms with Gasteiger partial charge >= 0.3 is 0 Å². The molecule has 0 spiro atoms. The Labute approximate surface area is 151 Å². The number of aromatic nitrogens is 4. The Morgan fingerprint density at radius 3 is 2.77 bits per heavy atom. The average molecular weight is 375 g/mol. The van der Waals surface area contributed by atoms with Gasteiger partial charge in [0.2, 0.25) is 5.78 Å². The lowest BCUT2D eigenvalue weighted by Crippen LogP contribution is -2.34. The van der Waals surface area contributed by atoms with E-state index in [2.05, 4.69) is 15.1 Å². The average Bonchev–Trinajstić information content (AvgIpc) is 2.99. The Bertz CT molecular complexity index is 1150. The molecule has 9 heteroatoms. The van der Waals surface area contributed by atoms with E-state index in [1.165, 1.54) is 4.57 Å². The molecular weight excluding hydrogens is 354 g/mol. The summed E-state index contributed by atoms with van der Waals surface area (Å²) in [5.41, 5.74) is 0.655. The number of sulfone groups is 1. The van der Waals surface area contributed by atoms with E-state index >= 15 is 0 Å². The van der Waals surface area contributed by atoms with Crippen molar-refractivity contribution in [3.05, 3.63) is 40.4 Å². The summed E-state index contributed by atoms with van der Waals surface area (Å²) in [5.74, 6) is 1.58. The zero-order valence-electron chi connectivity index (χ0n) is 14.8. The second-order valence-electron chi connectivity index (χ2n) is 6.89. The van der Waals surface area contributed by atoms with Crippen LogP contribution in [0.4, 0.5) is 0 Å². The van der Waals surface area contributed by atoms with Crippen molar-refractivity contribution in [3.8, 4) is 0 Å². The van der Waals surface area contributed by atoms with Gasteiger partial charge < -0.3 is 0 Å². The lowest BCUT2D eigenvalue weighted by molar-refractivity contribution is 0.206. The first-order valence-corrected chi connectivity index (χ1v) is 10.5. The molecule has 138 valence electrons. The Balaban J connectivity index is 1.82. The summed E-state index contributed by atoms with van der Waals surface area (Å²) in [7, 11) is -1.30. The van der Waals surface area contributed by atoms with Crippen molar-refractivity contribution < 1.29 is 8.42 Å². The number of hydrogen-bond donors (Lipinski definition) is 0. The van der Waals surface area contributed by atoms with E-state index in [4.69, 9.17) is 0 Å². The van der Waals surface area contributed by atoms with E-state index in [1.54, 1.807) is 13.1 Å². The van der Waals surface area contributed by atoms with E-state index in [1.807, 2.05) is 29.5 Å². The number of para-hydroxylation sites is 1. The molecule has 0 amide bonds. The molecule has 26 heavy (non-hydrogen) atoms. The monoisotopic (exact) mass is 375 g/mol. The maximum atomic E-state index is 12.5. The van der Waals surface area contributed by atoms with Crippen molar-refractivity contribution in [1.82, 2.24) is 24.1 Å². The Hall–Kier alpha value is -2.26. The number of benzene rings is 1. The summed E-state index contributed by atoms with van der Waals surface area (Å²) in [4.78, 5) is 14.6. The van der Waals surface area contributed by atoms with Gasteiger partial charge in [0.05, 0.1) is 29.0 Å². The minimum Gasteiger partial charge on any atom is -0.292 e. The van der Waals surface area contributed by atoms with Crippen LogP contribution in [-0.2, 0) is 23.4 Å². The predicted octanol–water partition coefficient (Wildman–Crippen LogP) is 0.590. The number of nitrogens with zero attached hydrogens (tertiary/aromatic N) is 5. The fourth-order valence-corrected chi connectivity index (χ4v) is 4.94. The number of aryl methyl sites for hydroxylation is 1. The normalized spacial score (nSPS) is 21.2. The quantitative estimate of drug-likeness (QED) is 0.651. The first-order valence-electron chi connectivity index (χ1n) is 8.63. The van der Waals surface area contributed by atoms with E-state index in [9.17, 15) is 13.2 Å². The zero-order valence-corrected chi connectivity index (χ0v) is 15.6. The van der Waals surface area contributed by atoms with Gasteiger partial charge in [-0.05, 0) is 25.5 Å². The second-order valence-corrected chi connectivity index (χ2v) is 9.20. The molecule has 0 saturated carbocycles. The molecule has 1 saturated heterocycles. The Morgan fingerprint density at radius 1 is 1.19 bits per heavy atom. The molecule has 8 nitrogen and oxygen atoms in total. The van der Waals surface area contributed by atoms with Crippen molar-refractivity contribution in [2.75, 3.05) is 18.1 Å². The third-order valence-corrected chi connectivity index (χ3v) is 6.86. The minimum atomic E-state index is -2.98. The Morgan fingerprint density at radius 2 is 1.96 bits per heavy atom. The molecule has 3 heterocycles. The third kappa shape index (κ3) is 2.80. The highest BCUT2D eigenvalue weighted by molar-refractivity contribution is 7.91. The van der Waals surface area contributed by atoms with E-state index in [0.29, 0.717) is 36.5 Å². The molecule has 1 unspecified atom stereocenters. The standard InChI is InChI=1S/C17H21N5O3S/c1-12-7-9-26(24,25)10-8-21(12)11-15-18-19-17-20(2)16(23)13-5-3-4-6-14(13)22(15)17/h3-6,12H,7-11H2,1-2H3. The molecule has 0 radical (unpaired) electrons. The van der Waals surface area contributed by atoms with Crippen LogP contribution in [0.3, 0.4) is 0 Å². The Kier molecular flexibility index (Phi) is 4.07. The van der Waals surface area contributed by atoms with Gasteiger partial charge in [-0.25, -0.2) is 8.42 Å². The molecule has 0 bridgehead atoms. The van der Waals surface area contributed by atoms with Gasteiger partial charge in [-0.3, -0.25) is 18.7 Å². The van der Waals surface area contributed by atoms with Gasteiger partial charge in [0.25, 0.3) is 5.56 Å². The van der Waals surface area contributed by atoms with Crippen molar-refractivity contribution >= 4 is 26.5 Å². The summed E-state index contributed by atoms with van der Waals surface area (Å²) >= 11 is 0. The van der Waals surface area contributed by atoms with Gasteiger partial charge in [0, 0.05) is 19.6 Å². The minimum absolute atomic E-state index is 0.110. The number of hydrogen-bond acceptors (Lipinski definition) is 6. The molecule has 1 aromatic carbocycles. The lowest BCUT2D eigenvalue weighted by atomic mass is 10.2. The van der Waals surface area contributed by atoms with Gasteiger partial charge in [0.15, 0.2) is 15.7 Å². The summed E-state index contributed by atoms with van der Waals surface area (Å²) < 4.78 is 27.3. The van der Waals surface area contributed by atoms with Crippen molar-refractivity contribution in [2.24, 2.45) is 7.05 Å². The predicted molar refractivity (Wildman–Crippen MR) is 98.9 cm³/mol. The van der Waals surface area contributed by atoms with Gasteiger partial charge in [-0.15, -0.1) is 10.2 Å². The fraction of sp³-hybridized carbons (Fsp3) is 0.471. The first kappa shape index (κ1) is 17.2. The summed E-state index contributed by atoms with van der Waals surface area (Å²) in [6, 6.07) is 7.53. The largest absolute Gasteiger partial charge is 0.292 e. The van der Waals surface area contributed by atoms with Crippen molar-refractivity contribution in [2.45, 2.75) is 25.9 Å². The molecule has 1 atom stereocenters. The molecule has 3 aromatic rings. The highest BCUT2D eigenvalue weighted by atomic mass is 32.2. The first-order chi connectivity index (χ1) is 12.4. The van der Waals surface area contributed by atoms with Crippen LogP contribution in [0, 0.1) is 0 Å². The summed E-state index contributed by atoms with van der Waals surface area (Å²) in [6.07, 6.45) is 0.609. The van der Waals surface area contributed by atoms with Crippen molar-refractivity contribution in [3.63, 3.8) is 0 Å². The molecule has 2 aromatic heterocycles. The van der Waals surface area contributed by atoms with E-state index < -0.39 is 9.84 Å². The third-order valence-electron chi connectivity index (χ3n) is 5.20. The van der Waals surface area contributed by atoms with E-state index in [-0.39, 0.29) is 23.1 Å². The van der Waals surface area contributed by atoms with Crippen LogP contribution in [-0.4, -0.2) is 56.6 Å². The van der Waals surface area contributed by atoms with Gasteiger partial charge in [-0.1, -0.05) is 12.1 Å². The van der Waals surface area contributed by atoms with E-state index in [0.717, 1.165) is 5.52 Å². The second kappa shape index (κ2) is 6.17. The zero-order chi connectivity index (χ0) is 18.5. The van der Waals surface area contributed by atoms with Gasteiger partial charge in [-0.2, -0.15) is 0 Å². The van der Waals surface area contributed by atoms with Crippen LogP contribution >= 0.6 is 0 Å². The molecular formula is C17H21N5O3S. The topological polar surface area (TPSA) is 89.6 Å². The smallest absolute Gasteiger partial charge is 0.262 e. The molecule has 1 fully saturated rings. The molecule has 1 aliphatic rings.